The molecule has 104 valence electrons. The summed E-state index contributed by atoms with van der Waals surface area (Å²) in [5.41, 5.74) is 2.18. The molecule has 2 aromatic carbocycles. The van der Waals surface area contributed by atoms with Gasteiger partial charge in [0.05, 0.1) is 5.69 Å². The van der Waals surface area contributed by atoms with Crippen LogP contribution in [-0.2, 0) is 9.59 Å². The zero-order valence-corrected chi connectivity index (χ0v) is 11.6. The molecule has 0 atom stereocenters. The summed E-state index contributed by atoms with van der Waals surface area (Å²) in [7, 11) is 0. The van der Waals surface area contributed by atoms with Gasteiger partial charge in [0.15, 0.2) is 0 Å². The first kappa shape index (κ1) is 12.3. The van der Waals surface area contributed by atoms with Gasteiger partial charge < -0.3 is 0 Å². The normalized spacial score (nSPS) is 18.6. The molecule has 0 radical (unpaired) electrons. The highest BCUT2D eigenvalue weighted by atomic mass is 16.2. The predicted octanol–water partition coefficient (Wildman–Crippen LogP) is 3.58. The van der Waals surface area contributed by atoms with Crippen LogP contribution in [0.4, 0.5) is 5.69 Å². The van der Waals surface area contributed by atoms with Crippen molar-refractivity contribution >= 4 is 28.3 Å². The summed E-state index contributed by atoms with van der Waals surface area (Å²) in [6.07, 6.45) is 3.48. The van der Waals surface area contributed by atoms with E-state index < -0.39 is 0 Å². The Morgan fingerprint density at radius 2 is 1.38 bits per heavy atom. The minimum absolute atomic E-state index is 0.119. The van der Waals surface area contributed by atoms with E-state index in [9.17, 15) is 9.59 Å². The van der Waals surface area contributed by atoms with Crippen LogP contribution in [0.15, 0.2) is 53.6 Å². The fourth-order valence-electron chi connectivity index (χ4n) is 3.36. The highest BCUT2D eigenvalue weighted by Gasteiger charge is 2.40. The summed E-state index contributed by atoms with van der Waals surface area (Å²) in [5, 5.41) is 1.99. The van der Waals surface area contributed by atoms with E-state index in [1.165, 1.54) is 4.90 Å². The second-order valence-electron chi connectivity index (χ2n) is 5.61. The molecule has 0 N–H and O–H groups in total. The molecule has 0 aromatic heterocycles. The van der Waals surface area contributed by atoms with Crippen LogP contribution in [0.5, 0.6) is 0 Å². The van der Waals surface area contributed by atoms with E-state index in [0.29, 0.717) is 5.69 Å². The van der Waals surface area contributed by atoms with Gasteiger partial charge in [-0.2, -0.15) is 0 Å². The summed E-state index contributed by atoms with van der Waals surface area (Å²) in [6, 6.07) is 13.6. The number of carbonyl (C=O) groups excluding carboxylic acids is 2. The number of hydrogen-bond donors (Lipinski definition) is 0. The minimum Gasteiger partial charge on any atom is -0.269 e. The molecule has 0 unspecified atom stereocenters. The zero-order valence-electron chi connectivity index (χ0n) is 11.6. The van der Waals surface area contributed by atoms with Gasteiger partial charge in [-0.15, -0.1) is 0 Å². The van der Waals surface area contributed by atoms with Gasteiger partial charge in [0.2, 0.25) is 0 Å². The quantitative estimate of drug-likeness (QED) is 0.747. The van der Waals surface area contributed by atoms with E-state index in [0.717, 1.165) is 47.6 Å². The van der Waals surface area contributed by atoms with Gasteiger partial charge in [0, 0.05) is 16.5 Å². The number of nitrogens with zero attached hydrogens (tertiary/aromatic N) is 1. The van der Waals surface area contributed by atoms with Crippen LogP contribution in [0.2, 0.25) is 0 Å². The van der Waals surface area contributed by atoms with Crippen LogP contribution < -0.4 is 4.90 Å². The highest BCUT2D eigenvalue weighted by Crippen LogP contribution is 2.37. The first-order valence-electron chi connectivity index (χ1n) is 7.36. The van der Waals surface area contributed by atoms with Crippen molar-refractivity contribution in [1.82, 2.24) is 0 Å². The molecule has 3 nitrogen and oxygen atoms in total. The minimum atomic E-state index is -0.119. The van der Waals surface area contributed by atoms with Crippen molar-refractivity contribution in [3.63, 3.8) is 0 Å². The Hall–Kier alpha value is -2.42. The summed E-state index contributed by atoms with van der Waals surface area (Å²) in [5.74, 6) is -0.239. The molecule has 2 amide bonds. The monoisotopic (exact) mass is 277 g/mol. The Morgan fingerprint density at radius 1 is 0.762 bits per heavy atom. The van der Waals surface area contributed by atoms with Crippen molar-refractivity contribution in [2.45, 2.75) is 25.7 Å². The van der Waals surface area contributed by atoms with E-state index in [-0.39, 0.29) is 11.8 Å². The lowest BCUT2D eigenvalue weighted by Gasteiger charge is -2.17. The Labute approximate surface area is 122 Å². The third kappa shape index (κ3) is 1.74. The van der Waals surface area contributed by atoms with Gasteiger partial charge in [-0.3, -0.25) is 9.59 Å². The lowest BCUT2D eigenvalue weighted by molar-refractivity contribution is -0.120. The fraction of sp³-hybridized carbons (Fsp3) is 0.222. The van der Waals surface area contributed by atoms with E-state index in [2.05, 4.69) is 0 Å². The van der Waals surface area contributed by atoms with Crippen molar-refractivity contribution in [2.75, 3.05) is 4.90 Å². The molecule has 0 bridgehead atoms. The predicted molar refractivity (Wildman–Crippen MR) is 81.9 cm³/mol. The molecular formula is C18H15NO2. The van der Waals surface area contributed by atoms with Gasteiger partial charge in [-0.05, 0) is 37.1 Å². The molecule has 0 fully saturated rings. The smallest absolute Gasteiger partial charge is 0.261 e. The molecule has 3 heteroatoms. The topological polar surface area (TPSA) is 37.4 Å². The van der Waals surface area contributed by atoms with Crippen molar-refractivity contribution in [3.8, 4) is 0 Å². The Kier molecular flexibility index (Phi) is 2.67. The lowest BCUT2D eigenvalue weighted by Crippen LogP contribution is -2.31. The van der Waals surface area contributed by atoms with Crippen LogP contribution in [0.25, 0.3) is 10.8 Å². The van der Waals surface area contributed by atoms with Gasteiger partial charge in [0.25, 0.3) is 11.8 Å². The molecule has 2 aromatic rings. The Bertz CT molecular complexity index is 770. The van der Waals surface area contributed by atoms with E-state index in [1.54, 1.807) is 0 Å². The van der Waals surface area contributed by atoms with Gasteiger partial charge in [-0.1, -0.05) is 36.4 Å². The second-order valence-corrected chi connectivity index (χ2v) is 5.61. The molecule has 1 aliphatic carbocycles. The third-order valence-corrected chi connectivity index (χ3v) is 4.40. The maximum Gasteiger partial charge on any atom is 0.261 e. The van der Waals surface area contributed by atoms with Gasteiger partial charge in [0.1, 0.15) is 0 Å². The fourth-order valence-corrected chi connectivity index (χ4v) is 3.36. The molecule has 1 heterocycles. The molecule has 1 aliphatic heterocycles. The molecule has 2 aliphatic rings. The van der Waals surface area contributed by atoms with Gasteiger partial charge >= 0.3 is 0 Å². The lowest BCUT2D eigenvalue weighted by atomic mass is 9.93. The number of carbonyl (C=O) groups is 2. The van der Waals surface area contributed by atoms with Crippen LogP contribution in [0.1, 0.15) is 25.7 Å². The van der Waals surface area contributed by atoms with Gasteiger partial charge in [-0.25, -0.2) is 4.90 Å². The van der Waals surface area contributed by atoms with Crippen LogP contribution in [0.3, 0.4) is 0 Å². The Morgan fingerprint density at radius 3 is 2.10 bits per heavy atom. The van der Waals surface area contributed by atoms with Crippen LogP contribution in [-0.4, -0.2) is 11.8 Å². The molecule has 4 rings (SSSR count). The number of imide groups is 1. The Balaban J connectivity index is 1.87. The average molecular weight is 277 g/mol. The molecule has 0 spiro atoms. The van der Waals surface area contributed by atoms with Crippen molar-refractivity contribution in [3.05, 3.63) is 53.6 Å². The third-order valence-electron chi connectivity index (χ3n) is 4.40. The first-order valence-corrected chi connectivity index (χ1v) is 7.36. The SMILES string of the molecule is O=C1C2=C(CCCC2)C(=O)N1c1cccc2ccccc12. The summed E-state index contributed by atoms with van der Waals surface area (Å²) in [6.45, 7) is 0. The van der Waals surface area contributed by atoms with Crippen molar-refractivity contribution in [2.24, 2.45) is 0 Å². The highest BCUT2D eigenvalue weighted by molar-refractivity contribution is 6.34. The summed E-state index contributed by atoms with van der Waals surface area (Å²) < 4.78 is 0. The van der Waals surface area contributed by atoms with E-state index >= 15 is 0 Å². The largest absolute Gasteiger partial charge is 0.269 e. The van der Waals surface area contributed by atoms with Crippen LogP contribution >= 0.6 is 0 Å². The average Bonchev–Trinajstić information content (AvgIpc) is 2.79. The zero-order chi connectivity index (χ0) is 14.4. The van der Waals surface area contributed by atoms with Crippen molar-refractivity contribution in [1.29, 1.82) is 0 Å². The second kappa shape index (κ2) is 4.55. The number of anilines is 1. The van der Waals surface area contributed by atoms with E-state index in [1.807, 2.05) is 42.5 Å². The molecule has 0 saturated carbocycles. The molecule has 0 saturated heterocycles. The standard InChI is InChI=1S/C18H15NO2/c20-17-14-9-3-4-10-15(14)18(21)19(17)16-11-5-7-12-6-1-2-8-13(12)16/h1-2,5-8,11H,3-4,9-10H2. The van der Waals surface area contributed by atoms with Crippen molar-refractivity contribution < 1.29 is 9.59 Å². The van der Waals surface area contributed by atoms with E-state index in [4.69, 9.17) is 0 Å². The molecular weight excluding hydrogens is 262 g/mol. The number of rotatable bonds is 1. The number of benzene rings is 2. The maximum absolute atomic E-state index is 12.6. The molecule has 21 heavy (non-hydrogen) atoms. The first-order chi connectivity index (χ1) is 10.3. The van der Waals surface area contributed by atoms with Crippen LogP contribution in [0, 0.1) is 0 Å². The number of fused-ring (bicyclic) bond motifs is 1. The maximum atomic E-state index is 12.6. The number of hydrogen-bond acceptors (Lipinski definition) is 2. The number of amides is 2. The summed E-state index contributed by atoms with van der Waals surface area (Å²) in [4.78, 5) is 26.7. The summed E-state index contributed by atoms with van der Waals surface area (Å²) >= 11 is 0.